The normalized spacial score (nSPS) is 34.1. The summed E-state index contributed by atoms with van der Waals surface area (Å²) in [5, 5.41) is 18.4. The van der Waals surface area contributed by atoms with Gasteiger partial charge in [0.1, 0.15) is 0 Å². The maximum Gasteiger partial charge on any atom is 0.0576 e. The molecule has 9 atom stereocenters. The fourth-order valence-corrected chi connectivity index (χ4v) is 11.0. The number of unbranched alkanes of at least 4 members (excludes halogenated alkanes) is 1. The van der Waals surface area contributed by atoms with Crippen LogP contribution in [0.15, 0.2) is 30.5 Å². The highest BCUT2D eigenvalue weighted by Gasteiger charge is 2.40. The number of piperidine rings is 1. The Morgan fingerprint density at radius 3 is 2.64 bits per heavy atom. The van der Waals surface area contributed by atoms with Crippen molar-refractivity contribution < 1.29 is 0 Å². The van der Waals surface area contributed by atoms with E-state index in [1.54, 1.807) is 0 Å². The summed E-state index contributed by atoms with van der Waals surface area (Å²) in [5.74, 6) is 1.69. The molecule has 0 amide bonds. The highest BCUT2D eigenvalue weighted by Crippen LogP contribution is 2.42. The van der Waals surface area contributed by atoms with Gasteiger partial charge in [0.15, 0.2) is 0 Å². The van der Waals surface area contributed by atoms with Gasteiger partial charge in [0.2, 0.25) is 0 Å². The summed E-state index contributed by atoms with van der Waals surface area (Å²) in [5.41, 5.74) is 8.55. The zero-order valence-electron chi connectivity index (χ0n) is 29.2. The number of benzene rings is 1. The first-order valence-electron chi connectivity index (χ1n) is 18.6. The SMILES string of the molecule is CC(C)C[C@H]1CN[C@@H](CCCCN)CN(C)[C@@H](Cc2c[nH]c3ccccc23)CNCC2CC(Cl)CC(Cl)C2SC2NCCCC2CN1. The molecular formula is C37H63Cl2N7S. The van der Waals surface area contributed by atoms with E-state index in [2.05, 4.69) is 94.3 Å². The lowest BCUT2D eigenvalue weighted by atomic mass is 9.87. The predicted octanol–water partition coefficient (Wildman–Crippen LogP) is 5.76. The number of alkyl halides is 2. The van der Waals surface area contributed by atoms with Crippen LogP contribution in [-0.4, -0.2) is 102 Å². The second-order valence-electron chi connectivity index (χ2n) is 15.2. The summed E-state index contributed by atoms with van der Waals surface area (Å²) in [4.78, 5) is 6.13. The van der Waals surface area contributed by atoms with Crippen LogP contribution >= 0.6 is 35.0 Å². The van der Waals surface area contributed by atoms with E-state index in [4.69, 9.17) is 28.9 Å². The van der Waals surface area contributed by atoms with Gasteiger partial charge in [-0.1, -0.05) is 38.5 Å². The Kier molecular flexibility index (Phi) is 15.4. The predicted molar refractivity (Wildman–Crippen MR) is 205 cm³/mol. The standard InChI is InChI=1S/C37H63Cl2N7S/c1-25(2)15-31-22-44-30(10-6-7-13-40)24-46(3)32(17-27-21-45-35-12-5-4-11-33(27)35)23-41-19-28-16-29(38)18-34(39)36(28)47-37-26(20-43-31)9-8-14-42-37/h4-5,11-12,21,25-26,28-32,34,36-37,41-45H,6-10,13-20,22-24,40H2,1-3H3/t26?,28?,29?,30-,31-,32-,34?,36?,37?/m0/s1. The van der Waals surface area contributed by atoms with Gasteiger partial charge in [0.25, 0.3) is 0 Å². The van der Waals surface area contributed by atoms with Gasteiger partial charge in [-0.05, 0) is 107 Å². The number of para-hydroxylation sites is 1. The number of nitrogens with two attached hydrogens (primary N) is 1. The Bertz CT molecular complexity index is 1180. The van der Waals surface area contributed by atoms with Crippen molar-refractivity contribution in [1.29, 1.82) is 0 Å². The molecule has 10 heteroatoms. The van der Waals surface area contributed by atoms with Gasteiger partial charge >= 0.3 is 0 Å². The third kappa shape index (κ3) is 11.2. The molecule has 1 aliphatic carbocycles. The number of nitrogens with one attached hydrogen (secondary N) is 5. The van der Waals surface area contributed by atoms with E-state index >= 15 is 0 Å². The number of thioether (sulfide) groups is 1. The molecule has 3 fully saturated rings. The van der Waals surface area contributed by atoms with Crippen molar-refractivity contribution in [3.63, 3.8) is 0 Å². The van der Waals surface area contributed by atoms with Gasteiger partial charge < -0.3 is 36.9 Å². The van der Waals surface area contributed by atoms with Crippen LogP contribution in [0.3, 0.4) is 0 Å². The Labute approximate surface area is 299 Å². The van der Waals surface area contributed by atoms with Crippen molar-refractivity contribution in [3.8, 4) is 0 Å². The van der Waals surface area contributed by atoms with E-state index < -0.39 is 0 Å². The topological polar surface area (TPSA) is 93.2 Å². The number of fused-ring (bicyclic) bond motifs is 3. The first-order chi connectivity index (χ1) is 22.8. The Balaban J connectivity index is 1.40. The van der Waals surface area contributed by atoms with E-state index in [0.717, 1.165) is 84.3 Å². The maximum absolute atomic E-state index is 7.18. The monoisotopic (exact) mass is 707 g/mol. The summed E-state index contributed by atoms with van der Waals surface area (Å²) in [6.07, 6.45) is 12.2. The van der Waals surface area contributed by atoms with E-state index in [0.29, 0.717) is 46.5 Å². The van der Waals surface area contributed by atoms with E-state index in [1.807, 2.05) is 0 Å². The maximum atomic E-state index is 7.18. The Morgan fingerprint density at radius 2 is 1.81 bits per heavy atom. The van der Waals surface area contributed by atoms with Crippen molar-refractivity contribution in [2.24, 2.45) is 23.5 Å². The van der Waals surface area contributed by atoms with E-state index in [9.17, 15) is 0 Å². The summed E-state index contributed by atoms with van der Waals surface area (Å²) in [7, 11) is 2.33. The average molecular weight is 709 g/mol. The summed E-state index contributed by atoms with van der Waals surface area (Å²) in [6.45, 7) is 11.5. The lowest BCUT2D eigenvalue weighted by Crippen LogP contribution is -2.51. The molecule has 266 valence electrons. The molecule has 2 aromatic rings. The van der Waals surface area contributed by atoms with Gasteiger partial charge in [-0.25, -0.2) is 0 Å². The van der Waals surface area contributed by atoms with Crippen LogP contribution in [0, 0.1) is 17.8 Å². The van der Waals surface area contributed by atoms with Crippen molar-refractivity contribution >= 4 is 45.9 Å². The van der Waals surface area contributed by atoms with Gasteiger partial charge in [-0.2, -0.15) is 0 Å². The highest BCUT2D eigenvalue weighted by molar-refractivity contribution is 8.00. The minimum atomic E-state index is 0.0966. The van der Waals surface area contributed by atoms with Crippen LogP contribution in [0.1, 0.15) is 70.8 Å². The molecule has 5 rings (SSSR count). The first-order valence-corrected chi connectivity index (χ1v) is 20.4. The number of hydrogen-bond acceptors (Lipinski definition) is 7. The molecule has 0 radical (unpaired) electrons. The molecule has 3 heterocycles. The van der Waals surface area contributed by atoms with Crippen molar-refractivity contribution in [3.05, 3.63) is 36.0 Å². The summed E-state index contributed by atoms with van der Waals surface area (Å²) >= 11 is 16.2. The van der Waals surface area contributed by atoms with Gasteiger partial charge in [-0.15, -0.1) is 35.0 Å². The number of likely N-dealkylation sites (N-methyl/N-ethyl adjacent to an activating group) is 1. The fourth-order valence-electron chi connectivity index (χ4n) is 8.19. The van der Waals surface area contributed by atoms with Gasteiger partial charge in [0.05, 0.1) is 5.37 Å². The number of rotatable bonds is 8. The van der Waals surface area contributed by atoms with Crippen LogP contribution < -0.4 is 27.0 Å². The molecule has 2 aliphatic heterocycles. The molecule has 0 spiro atoms. The minimum absolute atomic E-state index is 0.0966. The fraction of sp³-hybridized carbons (Fsp3) is 0.784. The van der Waals surface area contributed by atoms with Crippen LogP contribution in [0.25, 0.3) is 10.9 Å². The Morgan fingerprint density at radius 1 is 0.979 bits per heavy atom. The molecule has 1 aromatic heterocycles. The molecule has 3 aliphatic rings. The number of H-pyrrole nitrogens is 1. The van der Waals surface area contributed by atoms with Gasteiger partial charge in [-0.3, -0.25) is 0 Å². The second kappa shape index (κ2) is 19.2. The molecule has 1 saturated carbocycles. The zero-order chi connectivity index (χ0) is 33.2. The van der Waals surface area contributed by atoms with Crippen molar-refractivity contribution in [2.75, 3.05) is 52.9 Å². The lowest BCUT2D eigenvalue weighted by molar-refractivity contribution is 0.198. The second-order valence-corrected chi connectivity index (χ2v) is 17.7. The minimum Gasteiger partial charge on any atom is -0.361 e. The number of hydrogen-bond donors (Lipinski definition) is 6. The molecule has 0 bridgehead atoms. The highest BCUT2D eigenvalue weighted by atomic mass is 35.5. The number of nitrogens with zero attached hydrogens (tertiary/aromatic N) is 1. The Hall–Kier alpha value is -0.550. The van der Waals surface area contributed by atoms with Crippen molar-refractivity contribution in [1.82, 2.24) is 31.2 Å². The molecule has 1 aromatic carbocycles. The number of aromatic amines is 1. The van der Waals surface area contributed by atoms with E-state index in [1.165, 1.54) is 35.7 Å². The summed E-state index contributed by atoms with van der Waals surface area (Å²) in [6, 6.07) is 9.92. The number of aromatic nitrogens is 1. The van der Waals surface area contributed by atoms with Crippen molar-refractivity contribution in [2.45, 2.75) is 111 Å². The molecule has 7 nitrogen and oxygen atoms in total. The smallest absolute Gasteiger partial charge is 0.0576 e. The quantitative estimate of drug-likeness (QED) is 0.154. The largest absolute Gasteiger partial charge is 0.361 e. The summed E-state index contributed by atoms with van der Waals surface area (Å²) < 4.78 is 0. The molecule has 47 heavy (non-hydrogen) atoms. The average Bonchev–Trinajstić information content (AvgIpc) is 3.45. The van der Waals surface area contributed by atoms with Crippen LogP contribution in [0.2, 0.25) is 0 Å². The van der Waals surface area contributed by atoms with Crippen LogP contribution in [-0.2, 0) is 6.42 Å². The van der Waals surface area contributed by atoms with Gasteiger partial charge in [0, 0.05) is 77.4 Å². The third-order valence-electron chi connectivity index (χ3n) is 10.8. The first kappa shape index (κ1) is 37.7. The molecule has 2 saturated heterocycles. The van der Waals surface area contributed by atoms with E-state index in [-0.39, 0.29) is 10.8 Å². The molecule has 7 N–H and O–H groups in total. The molecular weight excluding hydrogens is 645 g/mol. The van der Waals surface area contributed by atoms with Crippen LogP contribution in [0.4, 0.5) is 0 Å². The zero-order valence-corrected chi connectivity index (χ0v) is 31.5. The lowest BCUT2D eigenvalue weighted by Gasteiger charge is -2.42. The van der Waals surface area contributed by atoms with Crippen LogP contribution in [0.5, 0.6) is 0 Å². The number of halogens is 2. The third-order valence-corrected chi connectivity index (χ3v) is 13.7. The molecule has 6 unspecified atom stereocenters.